The molecule has 1 aromatic rings. The first-order valence-electron chi connectivity index (χ1n) is 3.99. The Kier molecular flexibility index (Phi) is 3.17. The van der Waals surface area contributed by atoms with Crippen LogP contribution in [-0.4, -0.2) is 0 Å². The summed E-state index contributed by atoms with van der Waals surface area (Å²) < 4.78 is 0. The van der Waals surface area contributed by atoms with Crippen molar-refractivity contribution in [1.29, 1.82) is 0 Å². The Bertz CT molecular complexity index is 316. The van der Waals surface area contributed by atoms with E-state index in [0.717, 1.165) is 5.56 Å². The van der Waals surface area contributed by atoms with Crippen molar-refractivity contribution < 1.29 is 0 Å². The van der Waals surface area contributed by atoms with Crippen LogP contribution in [-0.2, 0) is 0 Å². The van der Waals surface area contributed by atoms with Gasteiger partial charge in [-0.2, -0.15) is 0 Å². The summed E-state index contributed by atoms with van der Waals surface area (Å²) in [7, 11) is 0. The van der Waals surface area contributed by atoms with E-state index in [1.807, 2.05) is 50.3 Å². The lowest BCUT2D eigenvalue weighted by atomic mass is 10.2. The average Bonchev–Trinajstić information content (AvgIpc) is 2.05. The molecular formula is C12H12. The molecule has 0 radical (unpaired) electrons. The number of rotatable bonds is 0. The number of benzene rings is 1. The third-order valence-corrected chi connectivity index (χ3v) is 1.35. The normalized spacial score (nSPS) is 8.17. The largest absolute Gasteiger partial charge is 0.0697 e. The van der Waals surface area contributed by atoms with Crippen molar-refractivity contribution in [3.63, 3.8) is 0 Å². The summed E-state index contributed by atoms with van der Waals surface area (Å²) in [5.74, 6) is 6.04. The fraction of sp³-hybridized carbons (Fsp3) is 0.167. The Morgan fingerprint density at radius 1 is 1.17 bits per heavy atom. The molecule has 0 N–H and O–H groups in total. The maximum Gasteiger partial charge on any atom is 0.0248 e. The van der Waals surface area contributed by atoms with E-state index < -0.39 is 0 Å². The predicted octanol–water partition coefficient (Wildman–Crippen LogP) is 3.00. The summed E-state index contributed by atoms with van der Waals surface area (Å²) in [5.41, 5.74) is 2.30. The molecule has 60 valence electrons. The van der Waals surface area contributed by atoms with Gasteiger partial charge in [0.2, 0.25) is 0 Å². The summed E-state index contributed by atoms with van der Waals surface area (Å²) >= 11 is 0. The van der Waals surface area contributed by atoms with Crippen LogP contribution in [0.4, 0.5) is 0 Å². The van der Waals surface area contributed by atoms with Crippen LogP contribution in [0.2, 0.25) is 0 Å². The molecule has 0 atom stereocenters. The highest BCUT2D eigenvalue weighted by atomic mass is 13.8. The first-order chi connectivity index (χ1) is 5.79. The molecule has 0 aliphatic rings. The van der Waals surface area contributed by atoms with Crippen molar-refractivity contribution >= 4 is 0 Å². The fourth-order valence-corrected chi connectivity index (χ4v) is 0.785. The molecule has 0 spiro atoms. The van der Waals surface area contributed by atoms with E-state index in [4.69, 9.17) is 0 Å². The fourth-order valence-electron chi connectivity index (χ4n) is 0.785. The van der Waals surface area contributed by atoms with E-state index in [-0.39, 0.29) is 0 Å². The summed E-state index contributed by atoms with van der Waals surface area (Å²) in [6.45, 7) is 4.08. The van der Waals surface area contributed by atoms with Gasteiger partial charge in [-0.3, -0.25) is 0 Å². The van der Waals surface area contributed by atoms with Crippen LogP contribution in [0.1, 0.15) is 19.4 Å². The van der Waals surface area contributed by atoms with E-state index in [9.17, 15) is 0 Å². The van der Waals surface area contributed by atoms with Gasteiger partial charge < -0.3 is 0 Å². The number of hydrogen-bond acceptors (Lipinski definition) is 0. The number of allylic oxidation sites excluding steroid dienone is 2. The minimum Gasteiger partial charge on any atom is -0.0697 e. The van der Waals surface area contributed by atoms with Crippen molar-refractivity contribution in [1.82, 2.24) is 0 Å². The monoisotopic (exact) mass is 156 g/mol. The lowest BCUT2D eigenvalue weighted by Gasteiger charge is -1.84. The topological polar surface area (TPSA) is 0 Å². The Morgan fingerprint density at radius 2 is 1.83 bits per heavy atom. The molecule has 0 fully saturated rings. The molecule has 1 aromatic carbocycles. The molecule has 0 saturated heterocycles. The molecule has 12 heavy (non-hydrogen) atoms. The van der Waals surface area contributed by atoms with Crippen LogP contribution < -0.4 is 0 Å². The van der Waals surface area contributed by atoms with Crippen LogP contribution in [0.5, 0.6) is 0 Å². The zero-order chi connectivity index (χ0) is 8.81. The van der Waals surface area contributed by atoms with Gasteiger partial charge in [-0.15, -0.1) is 0 Å². The second-order valence-electron chi connectivity index (χ2n) is 2.86. The highest BCUT2D eigenvalue weighted by molar-refractivity contribution is 5.36. The van der Waals surface area contributed by atoms with E-state index in [1.165, 1.54) is 5.57 Å². The smallest absolute Gasteiger partial charge is 0.0248 e. The second kappa shape index (κ2) is 4.41. The van der Waals surface area contributed by atoms with Gasteiger partial charge in [0.15, 0.2) is 0 Å². The summed E-state index contributed by atoms with van der Waals surface area (Å²) in [4.78, 5) is 0. The van der Waals surface area contributed by atoms with Gasteiger partial charge in [0.05, 0.1) is 0 Å². The predicted molar refractivity (Wildman–Crippen MR) is 52.8 cm³/mol. The highest BCUT2D eigenvalue weighted by Crippen LogP contribution is 1.95. The van der Waals surface area contributed by atoms with Crippen LogP contribution in [0, 0.1) is 11.8 Å². The van der Waals surface area contributed by atoms with Crippen LogP contribution in [0.3, 0.4) is 0 Å². The molecule has 0 aliphatic heterocycles. The van der Waals surface area contributed by atoms with Gasteiger partial charge in [-0.25, -0.2) is 0 Å². The van der Waals surface area contributed by atoms with Gasteiger partial charge in [0.1, 0.15) is 0 Å². The average molecular weight is 156 g/mol. The maximum atomic E-state index is 3.05. The lowest BCUT2D eigenvalue weighted by Crippen LogP contribution is -1.69. The van der Waals surface area contributed by atoms with E-state index in [0.29, 0.717) is 0 Å². The third kappa shape index (κ3) is 3.07. The molecule has 0 heterocycles. The molecule has 0 nitrogen and oxygen atoms in total. The zero-order valence-corrected chi connectivity index (χ0v) is 7.46. The molecule has 1 rings (SSSR count). The Hall–Kier alpha value is -1.48. The Balaban J connectivity index is 2.74. The van der Waals surface area contributed by atoms with Gasteiger partial charge in [-0.05, 0) is 32.1 Å². The Labute approximate surface area is 73.9 Å². The second-order valence-corrected chi connectivity index (χ2v) is 2.86. The zero-order valence-electron chi connectivity index (χ0n) is 7.46. The summed E-state index contributed by atoms with van der Waals surface area (Å²) in [6, 6.07) is 9.99. The van der Waals surface area contributed by atoms with Crippen LogP contribution in [0.15, 0.2) is 42.0 Å². The van der Waals surface area contributed by atoms with Gasteiger partial charge in [0, 0.05) is 5.56 Å². The number of hydrogen-bond donors (Lipinski definition) is 0. The molecule has 0 amide bonds. The van der Waals surface area contributed by atoms with E-state index in [1.54, 1.807) is 0 Å². The molecule has 0 saturated carbocycles. The molecule has 0 aliphatic carbocycles. The van der Waals surface area contributed by atoms with Crippen molar-refractivity contribution in [2.24, 2.45) is 0 Å². The van der Waals surface area contributed by atoms with E-state index >= 15 is 0 Å². The first kappa shape index (κ1) is 8.62. The molecule has 0 heteroatoms. The summed E-state index contributed by atoms with van der Waals surface area (Å²) in [6.07, 6.45) is 1.92. The lowest BCUT2D eigenvalue weighted by molar-refractivity contribution is 1.40. The molecular weight excluding hydrogens is 144 g/mol. The van der Waals surface area contributed by atoms with E-state index in [2.05, 4.69) is 11.8 Å². The highest BCUT2D eigenvalue weighted by Gasteiger charge is 1.79. The van der Waals surface area contributed by atoms with Gasteiger partial charge in [0.25, 0.3) is 0 Å². The third-order valence-electron chi connectivity index (χ3n) is 1.35. The van der Waals surface area contributed by atoms with Gasteiger partial charge >= 0.3 is 0 Å². The van der Waals surface area contributed by atoms with Crippen molar-refractivity contribution in [3.8, 4) is 11.8 Å². The quantitative estimate of drug-likeness (QED) is 0.506. The maximum absolute atomic E-state index is 3.05. The standard InChI is InChI=1S/C12H12/c1-11(2)7-6-10-12-8-4-3-5-9-12/h3-5,7-9H,1-2H3. The van der Waals surface area contributed by atoms with Crippen LogP contribution in [0.25, 0.3) is 0 Å². The minimum atomic E-state index is 1.06. The van der Waals surface area contributed by atoms with Crippen molar-refractivity contribution in [2.75, 3.05) is 0 Å². The van der Waals surface area contributed by atoms with Crippen molar-refractivity contribution in [3.05, 3.63) is 47.5 Å². The molecule has 0 unspecified atom stereocenters. The molecule has 0 aromatic heterocycles. The Morgan fingerprint density at radius 3 is 2.42 bits per heavy atom. The van der Waals surface area contributed by atoms with Crippen molar-refractivity contribution in [2.45, 2.75) is 13.8 Å². The van der Waals surface area contributed by atoms with Crippen LogP contribution >= 0.6 is 0 Å². The van der Waals surface area contributed by atoms with Gasteiger partial charge in [-0.1, -0.05) is 35.6 Å². The minimum absolute atomic E-state index is 1.06. The summed E-state index contributed by atoms with van der Waals surface area (Å²) in [5, 5.41) is 0. The first-order valence-corrected chi connectivity index (χ1v) is 3.99. The SMILES string of the molecule is CC(C)=CC#Cc1ccccc1. The molecule has 0 bridgehead atoms.